The van der Waals surface area contributed by atoms with Gasteiger partial charge < -0.3 is 20.6 Å². The van der Waals surface area contributed by atoms with Gasteiger partial charge in [0, 0.05) is 19.6 Å². The fourth-order valence-corrected chi connectivity index (χ4v) is 5.16. The lowest BCUT2D eigenvalue weighted by molar-refractivity contribution is 0.102. The molecule has 1 fully saturated rings. The Kier molecular flexibility index (Phi) is 8.02. The molecule has 1 saturated heterocycles. The number of sulfonamides is 1. The van der Waals surface area contributed by atoms with E-state index >= 15 is 0 Å². The molecule has 11 nitrogen and oxygen atoms in total. The SMILES string of the molecule is N#Cc1ncc2nc1NCC/C=C/CC1CCN(CC1)c1cc(NS(=O)(=O)CCO)ccc1C(=O)N2. The average Bonchev–Trinajstić information content (AvgIpc) is 2.86. The van der Waals surface area contributed by atoms with Gasteiger partial charge in [-0.25, -0.2) is 18.4 Å². The molecule has 1 amide bonds. The van der Waals surface area contributed by atoms with Crippen molar-refractivity contribution in [1.29, 1.82) is 5.26 Å². The van der Waals surface area contributed by atoms with Gasteiger partial charge in [0.15, 0.2) is 17.3 Å². The van der Waals surface area contributed by atoms with Crippen molar-refractivity contribution in [1.82, 2.24) is 9.97 Å². The number of aromatic nitrogens is 2. The number of hydrogen-bond donors (Lipinski definition) is 4. The lowest BCUT2D eigenvalue weighted by Crippen LogP contribution is -2.35. The Morgan fingerprint density at radius 1 is 1.25 bits per heavy atom. The van der Waals surface area contributed by atoms with Crippen LogP contribution in [-0.4, -0.2) is 61.4 Å². The second-order valence-corrected chi connectivity index (χ2v) is 10.6. The zero-order chi connectivity index (χ0) is 25.5. The second-order valence-electron chi connectivity index (χ2n) is 8.75. The minimum atomic E-state index is -3.72. The quantitative estimate of drug-likeness (QED) is 0.452. The number of amides is 1. The van der Waals surface area contributed by atoms with Crippen LogP contribution in [0.3, 0.4) is 0 Å². The van der Waals surface area contributed by atoms with Crippen molar-refractivity contribution in [3.63, 3.8) is 0 Å². The van der Waals surface area contributed by atoms with Gasteiger partial charge in [-0.15, -0.1) is 0 Å². The monoisotopic (exact) mass is 511 g/mol. The fourth-order valence-electron chi connectivity index (χ4n) is 4.33. The van der Waals surface area contributed by atoms with Crippen LogP contribution in [0.1, 0.15) is 41.7 Å². The number of nitrogens with one attached hydrogen (secondary N) is 3. The maximum atomic E-state index is 13.3. The van der Waals surface area contributed by atoms with Crippen molar-refractivity contribution < 1.29 is 18.3 Å². The standard InChI is InChI=1S/C24H29N7O4S/c25-15-20-23-26-9-3-1-2-4-17-7-10-31(11-8-17)21-14-18(30-36(34,35)13-12-32)5-6-19(21)24(33)29-22(28-23)16-27-20/h1-2,5-6,14,16-17,30,32H,3-4,7-13H2,(H2,26,28,29,33)/b2-1+. The number of rotatable bonds is 4. The molecule has 0 radical (unpaired) electrons. The van der Waals surface area contributed by atoms with Gasteiger partial charge in [-0.3, -0.25) is 9.52 Å². The molecule has 4 N–H and O–H groups in total. The van der Waals surface area contributed by atoms with E-state index in [1.165, 1.54) is 12.3 Å². The van der Waals surface area contributed by atoms with Crippen LogP contribution in [0.4, 0.5) is 23.0 Å². The Labute approximate surface area is 210 Å². The number of allylic oxidation sites excluding steroid dienone is 1. The Morgan fingerprint density at radius 3 is 2.81 bits per heavy atom. The minimum Gasteiger partial charge on any atom is -0.395 e. The number of aliphatic hydroxyl groups is 1. The predicted molar refractivity (Wildman–Crippen MR) is 137 cm³/mol. The lowest BCUT2D eigenvalue weighted by Gasteiger charge is -2.34. The zero-order valence-corrected chi connectivity index (χ0v) is 20.6. The molecule has 0 spiro atoms. The number of nitriles is 1. The van der Waals surface area contributed by atoms with Crippen molar-refractivity contribution in [2.45, 2.75) is 25.7 Å². The number of fused-ring (bicyclic) bond motifs is 7. The largest absolute Gasteiger partial charge is 0.395 e. The van der Waals surface area contributed by atoms with Crippen LogP contribution in [-0.2, 0) is 10.0 Å². The lowest BCUT2D eigenvalue weighted by atomic mass is 9.92. The van der Waals surface area contributed by atoms with Crippen LogP contribution >= 0.6 is 0 Å². The summed E-state index contributed by atoms with van der Waals surface area (Å²) in [6.45, 7) is 1.54. The maximum Gasteiger partial charge on any atom is 0.258 e. The Balaban J connectivity index is 1.70. The van der Waals surface area contributed by atoms with Gasteiger partial charge in [-0.05, 0) is 49.8 Å². The van der Waals surface area contributed by atoms with Crippen molar-refractivity contribution >= 4 is 38.9 Å². The highest BCUT2D eigenvalue weighted by Gasteiger charge is 2.24. The van der Waals surface area contributed by atoms with Gasteiger partial charge in [-0.1, -0.05) is 12.2 Å². The molecule has 0 unspecified atom stereocenters. The van der Waals surface area contributed by atoms with Gasteiger partial charge in [0.25, 0.3) is 5.91 Å². The molecule has 4 heterocycles. The predicted octanol–water partition coefficient (Wildman–Crippen LogP) is 2.31. The van der Waals surface area contributed by atoms with E-state index in [1.807, 2.05) is 6.07 Å². The summed E-state index contributed by atoms with van der Waals surface area (Å²) in [5.41, 5.74) is 1.42. The molecule has 1 aromatic heterocycles. The van der Waals surface area contributed by atoms with Gasteiger partial charge in [0.2, 0.25) is 10.0 Å². The third kappa shape index (κ3) is 6.30. The Bertz CT molecular complexity index is 1280. The zero-order valence-electron chi connectivity index (χ0n) is 19.8. The Hall–Kier alpha value is -3.69. The van der Waals surface area contributed by atoms with Gasteiger partial charge in [0.05, 0.1) is 35.5 Å². The summed E-state index contributed by atoms with van der Waals surface area (Å²) in [6.07, 6.45) is 9.24. The smallest absolute Gasteiger partial charge is 0.258 e. The first-order chi connectivity index (χ1) is 17.4. The molecule has 12 heteroatoms. The van der Waals surface area contributed by atoms with E-state index in [2.05, 4.69) is 42.4 Å². The van der Waals surface area contributed by atoms with Crippen LogP contribution in [0, 0.1) is 17.2 Å². The highest BCUT2D eigenvalue weighted by molar-refractivity contribution is 7.92. The summed E-state index contributed by atoms with van der Waals surface area (Å²) >= 11 is 0. The summed E-state index contributed by atoms with van der Waals surface area (Å²) < 4.78 is 26.9. The van der Waals surface area contributed by atoms with E-state index in [0.717, 1.165) is 38.8 Å². The van der Waals surface area contributed by atoms with Crippen LogP contribution < -0.4 is 20.3 Å². The molecule has 3 aliphatic heterocycles. The van der Waals surface area contributed by atoms with Crippen molar-refractivity contribution in [3.8, 4) is 6.07 Å². The number of benzene rings is 1. The van der Waals surface area contributed by atoms with Crippen molar-refractivity contribution in [3.05, 3.63) is 47.8 Å². The Morgan fingerprint density at radius 2 is 2.06 bits per heavy atom. The number of aliphatic hydroxyl groups excluding tert-OH is 1. The molecule has 4 bridgehead atoms. The summed E-state index contributed by atoms with van der Waals surface area (Å²) in [5, 5.41) is 24.3. The molecule has 0 atom stereocenters. The molecule has 1 aromatic carbocycles. The van der Waals surface area contributed by atoms with Crippen molar-refractivity contribution in [2.75, 3.05) is 52.2 Å². The first kappa shape index (κ1) is 25.4. The van der Waals surface area contributed by atoms with Crippen LogP contribution in [0.2, 0.25) is 0 Å². The van der Waals surface area contributed by atoms with Gasteiger partial charge in [-0.2, -0.15) is 5.26 Å². The number of hydrogen-bond acceptors (Lipinski definition) is 9. The van der Waals surface area contributed by atoms with E-state index < -0.39 is 28.3 Å². The summed E-state index contributed by atoms with van der Waals surface area (Å²) in [7, 11) is -3.72. The molecule has 0 aliphatic carbocycles. The average molecular weight is 512 g/mol. The second kappa shape index (κ2) is 11.4. The molecular weight excluding hydrogens is 482 g/mol. The summed E-state index contributed by atoms with van der Waals surface area (Å²) in [5.74, 6) is 0.171. The molecule has 190 valence electrons. The first-order valence-electron chi connectivity index (χ1n) is 11.9. The molecule has 0 saturated carbocycles. The topological polar surface area (TPSA) is 160 Å². The van der Waals surface area contributed by atoms with Gasteiger partial charge >= 0.3 is 0 Å². The van der Waals surface area contributed by atoms with Crippen molar-refractivity contribution in [2.24, 2.45) is 5.92 Å². The van der Waals surface area contributed by atoms with E-state index in [-0.39, 0.29) is 11.5 Å². The van der Waals surface area contributed by atoms with E-state index in [1.54, 1.807) is 12.1 Å². The first-order valence-corrected chi connectivity index (χ1v) is 13.5. The number of carbonyl (C=O) groups is 1. The fraction of sp³-hybridized carbons (Fsp3) is 0.417. The summed E-state index contributed by atoms with van der Waals surface area (Å²) in [6, 6.07) is 6.74. The number of piperidine rings is 1. The normalized spacial score (nSPS) is 17.8. The molecule has 36 heavy (non-hydrogen) atoms. The van der Waals surface area contributed by atoms with E-state index in [4.69, 9.17) is 5.11 Å². The van der Waals surface area contributed by atoms with E-state index in [0.29, 0.717) is 35.2 Å². The van der Waals surface area contributed by atoms with E-state index in [9.17, 15) is 18.5 Å². The highest BCUT2D eigenvalue weighted by Crippen LogP contribution is 2.31. The van der Waals surface area contributed by atoms with Crippen LogP contribution in [0.5, 0.6) is 0 Å². The van der Waals surface area contributed by atoms with Crippen LogP contribution in [0.15, 0.2) is 36.5 Å². The molecule has 3 aliphatic rings. The number of anilines is 4. The molecule has 5 rings (SSSR count). The highest BCUT2D eigenvalue weighted by atomic mass is 32.2. The third-order valence-electron chi connectivity index (χ3n) is 6.19. The number of carbonyl (C=O) groups excluding carboxylic acids is 1. The molecular formula is C24H29N7O4S. The molecule has 2 aromatic rings. The maximum absolute atomic E-state index is 13.3. The van der Waals surface area contributed by atoms with Crippen LogP contribution in [0.25, 0.3) is 0 Å². The third-order valence-corrected chi connectivity index (χ3v) is 7.46. The van der Waals surface area contributed by atoms with Gasteiger partial charge in [0.1, 0.15) is 6.07 Å². The summed E-state index contributed by atoms with van der Waals surface area (Å²) in [4.78, 5) is 23.9. The minimum absolute atomic E-state index is 0.138. The number of nitrogens with zero attached hydrogens (tertiary/aromatic N) is 4.